The first-order valence-electron chi connectivity index (χ1n) is 9.80. The molecular weight excluding hydrogens is 427 g/mol. The predicted octanol–water partition coefficient (Wildman–Crippen LogP) is 4.68. The van der Waals surface area contributed by atoms with E-state index in [2.05, 4.69) is 4.74 Å². The summed E-state index contributed by atoms with van der Waals surface area (Å²) in [5.41, 5.74) is -1.38. The molecule has 2 aliphatic rings. The number of amides is 1. The summed E-state index contributed by atoms with van der Waals surface area (Å²) in [7, 11) is 1.12. The number of nitrogens with zero attached hydrogens (tertiary/aromatic N) is 1. The van der Waals surface area contributed by atoms with Gasteiger partial charge in [-0.15, -0.1) is 0 Å². The van der Waals surface area contributed by atoms with Crippen LogP contribution >= 0.6 is 0 Å². The smallest absolute Gasteiger partial charge is 0.415 e. The molecule has 3 rings (SSSR count). The molecule has 1 saturated heterocycles. The Labute approximate surface area is 183 Å². The van der Waals surface area contributed by atoms with E-state index in [1.807, 2.05) is 0 Å². The van der Waals surface area contributed by atoms with E-state index in [9.17, 15) is 27.6 Å². The number of fused-ring (bicyclic) bond motifs is 1. The molecule has 1 aromatic rings. The summed E-state index contributed by atoms with van der Waals surface area (Å²) in [6, 6.07) is 1.53. The summed E-state index contributed by atoms with van der Waals surface area (Å²) in [5.74, 6) is -5.26. The van der Waals surface area contributed by atoms with Crippen molar-refractivity contribution in [3.8, 4) is 0 Å². The van der Waals surface area contributed by atoms with Gasteiger partial charge in [-0.05, 0) is 39.0 Å². The highest BCUT2D eigenvalue weighted by molar-refractivity contribution is 6.03. The van der Waals surface area contributed by atoms with Crippen LogP contribution in [0.25, 0.3) is 0 Å². The molecule has 1 aliphatic heterocycles. The quantitative estimate of drug-likeness (QED) is 0.613. The highest BCUT2D eigenvalue weighted by Crippen LogP contribution is 2.41. The van der Waals surface area contributed by atoms with Crippen molar-refractivity contribution in [2.24, 2.45) is 5.92 Å². The maximum atomic E-state index is 14.7. The summed E-state index contributed by atoms with van der Waals surface area (Å²) >= 11 is 0. The second-order valence-corrected chi connectivity index (χ2v) is 8.37. The van der Waals surface area contributed by atoms with Crippen molar-refractivity contribution in [2.75, 3.05) is 7.11 Å². The van der Waals surface area contributed by atoms with E-state index in [0.717, 1.165) is 36.3 Å². The van der Waals surface area contributed by atoms with Gasteiger partial charge in [0.05, 0.1) is 24.8 Å². The molecule has 2 unspecified atom stereocenters. The Morgan fingerprint density at radius 2 is 1.81 bits per heavy atom. The summed E-state index contributed by atoms with van der Waals surface area (Å²) < 4.78 is 52.8. The van der Waals surface area contributed by atoms with Crippen LogP contribution in [0.2, 0.25) is 0 Å². The molecule has 1 heterocycles. The minimum Gasteiger partial charge on any atom is -0.468 e. The molecule has 0 bridgehead atoms. The molecule has 9 heteroatoms. The van der Waals surface area contributed by atoms with Crippen LogP contribution in [0.5, 0.6) is 0 Å². The van der Waals surface area contributed by atoms with Crippen molar-refractivity contribution in [2.45, 2.75) is 38.8 Å². The van der Waals surface area contributed by atoms with Gasteiger partial charge in [-0.2, -0.15) is 0 Å². The molecule has 0 spiro atoms. The van der Waals surface area contributed by atoms with E-state index in [1.54, 1.807) is 20.8 Å². The standard InChI is InChI=1S/C23H22F3NO5/c1-23(2,3)32-22(30)27-18-10-14(25)7-12(21(29)31-4)8-16(18)20(28)11-19(27)15-6-5-13(24)9-17(15)26/h5-10,12,19H,11H2,1-4H3. The molecule has 1 amide bonds. The number of hydrogen-bond donors (Lipinski definition) is 0. The van der Waals surface area contributed by atoms with Gasteiger partial charge in [0.2, 0.25) is 0 Å². The average Bonchev–Trinajstić information content (AvgIpc) is 2.84. The van der Waals surface area contributed by atoms with Gasteiger partial charge < -0.3 is 9.47 Å². The van der Waals surface area contributed by atoms with Crippen molar-refractivity contribution in [3.05, 3.63) is 70.7 Å². The number of carbonyl (C=O) groups is 3. The minimum atomic E-state index is -1.22. The number of allylic oxidation sites excluding steroid dienone is 3. The van der Waals surface area contributed by atoms with Crippen LogP contribution in [-0.4, -0.2) is 35.5 Å². The number of likely N-dealkylation sites (tertiary alicyclic amines) is 1. The van der Waals surface area contributed by atoms with Gasteiger partial charge in [-0.25, -0.2) is 18.0 Å². The summed E-state index contributed by atoms with van der Waals surface area (Å²) in [5, 5.41) is 0. The first-order chi connectivity index (χ1) is 14.9. The summed E-state index contributed by atoms with van der Waals surface area (Å²) in [6.07, 6.45) is 1.70. The number of carbonyl (C=O) groups excluding carboxylic acids is 3. The van der Waals surface area contributed by atoms with Crippen LogP contribution in [0.1, 0.15) is 38.8 Å². The van der Waals surface area contributed by atoms with Crippen molar-refractivity contribution in [1.29, 1.82) is 0 Å². The lowest BCUT2D eigenvalue weighted by Crippen LogP contribution is -2.44. The number of Topliss-reactive ketones (excluding diaryl/α,β-unsaturated/α-hetero) is 1. The van der Waals surface area contributed by atoms with E-state index >= 15 is 0 Å². The van der Waals surface area contributed by atoms with Crippen molar-refractivity contribution >= 4 is 17.8 Å². The molecule has 0 aromatic heterocycles. The number of halogens is 3. The number of benzene rings is 1. The number of esters is 1. The second-order valence-electron chi connectivity index (χ2n) is 8.37. The highest BCUT2D eigenvalue weighted by atomic mass is 19.1. The molecule has 0 radical (unpaired) electrons. The highest BCUT2D eigenvalue weighted by Gasteiger charge is 2.43. The number of ketones is 1. The third-order valence-corrected chi connectivity index (χ3v) is 4.87. The molecule has 170 valence electrons. The molecule has 0 saturated carbocycles. The fourth-order valence-corrected chi connectivity index (χ4v) is 3.55. The second kappa shape index (κ2) is 8.64. The van der Waals surface area contributed by atoms with Crippen LogP contribution in [0, 0.1) is 17.6 Å². The third kappa shape index (κ3) is 4.76. The lowest BCUT2D eigenvalue weighted by atomic mass is 9.88. The Bertz CT molecular complexity index is 1070. The Balaban J connectivity index is 2.18. The van der Waals surface area contributed by atoms with Crippen molar-refractivity contribution in [1.82, 2.24) is 4.90 Å². The van der Waals surface area contributed by atoms with E-state index in [0.29, 0.717) is 6.07 Å². The molecule has 1 aliphatic carbocycles. The molecule has 6 nitrogen and oxygen atoms in total. The zero-order chi connectivity index (χ0) is 23.8. The number of methoxy groups -OCH3 is 1. The van der Waals surface area contributed by atoms with Crippen LogP contribution in [0.3, 0.4) is 0 Å². The largest absolute Gasteiger partial charge is 0.468 e. The zero-order valence-electron chi connectivity index (χ0n) is 17.9. The van der Waals surface area contributed by atoms with Crippen molar-refractivity contribution in [3.63, 3.8) is 0 Å². The Kier molecular flexibility index (Phi) is 6.29. The molecule has 1 aromatic carbocycles. The van der Waals surface area contributed by atoms with E-state index < -0.39 is 52.9 Å². The fraction of sp³-hybridized carbons (Fsp3) is 0.348. The third-order valence-electron chi connectivity index (χ3n) is 4.87. The number of ether oxygens (including phenoxy) is 2. The van der Waals surface area contributed by atoms with Gasteiger partial charge in [-0.3, -0.25) is 14.5 Å². The van der Waals surface area contributed by atoms with Gasteiger partial charge in [-0.1, -0.05) is 12.1 Å². The Morgan fingerprint density at radius 1 is 1.12 bits per heavy atom. The van der Waals surface area contributed by atoms with Gasteiger partial charge in [0.15, 0.2) is 5.78 Å². The van der Waals surface area contributed by atoms with Gasteiger partial charge in [0, 0.05) is 23.6 Å². The summed E-state index contributed by atoms with van der Waals surface area (Å²) in [6.45, 7) is 4.83. The lowest BCUT2D eigenvalue weighted by molar-refractivity contribution is -0.142. The van der Waals surface area contributed by atoms with Gasteiger partial charge in [0.25, 0.3) is 0 Å². The molecule has 1 fully saturated rings. The first-order valence-corrected chi connectivity index (χ1v) is 9.80. The number of rotatable bonds is 2. The number of hydrogen-bond acceptors (Lipinski definition) is 5. The topological polar surface area (TPSA) is 72.9 Å². The molecule has 0 N–H and O–H groups in total. The van der Waals surface area contributed by atoms with Crippen LogP contribution in [-0.2, 0) is 19.1 Å². The molecular formula is C23H22F3NO5. The Hall–Kier alpha value is -3.36. The van der Waals surface area contributed by atoms with Crippen LogP contribution in [0.4, 0.5) is 18.0 Å². The Morgan fingerprint density at radius 3 is 2.41 bits per heavy atom. The first kappa shape index (κ1) is 23.3. The maximum Gasteiger partial charge on any atom is 0.415 e. The minimum absolute atomic E-state index is 0.103. The van der Waals surface area contributed by atoms with E-state index in [-0.39, 0.29) is 23.3 Å². The zero-order valence-corrected chi connectivity index (χ0v) is 17.9. The van der Waals surface area contributed by atoms with Crippen LogP contribution < -0.4 is 0 Å². The lowest BCUT2D eigenvalue weighted by Gasteiger charge is -2.39. The monoisotopic (exact) mass is 449 g/mol. The van der Waals surface area contributed by atoms with Gasteiger partial charge >= 0.3 is 12.1 Å². The van der Waals surface area contributed by atoms with Crippen LogP contribution in [0.15, 0.2) is 53.5 Å². The molecule has 32 heavy (non-hydrogen) atoms. The average molecular weight is 449 g/mol. The van der Waals surface area contributed by atoms with Crippen molar-refractivity contribution < 1.29 is 37.0 Å². The van der Waals surface area contributed by atoms with E-state index in [4.69, 9.17) is 4.74 Å². The van der Waals surface area contributed by atoms with E-state index in [1.165, 1.54) is 6.08 Å². The van der Waals surface area contributed by atoms with Gasteiger partial charge in [0.1, 0.15) is 23.1 Å². The maximum absolute atomic E-state index is 14.7. The predicted molar refractivity (Wildman–Crippen MR) is 108 cm³/mol. The number of piperidine rings is 1. The SMILES string of the molecule is COC(=O)C1C=C(F)C=C2C(=C1)C(=O)CC(c1ccc(F)cc1F)N2C(=O)OC(C)(C)C. The fourth-order valence-electron chi connectivity index (χ4n) is 3.55. The normalized spacial score (nSPS) is 21.0. The summed E-state index contributed by atoms with van der Waals surface area (Å²) in [4.78, 5) is 39.1. The molecule has 2 atom stereocenters.